The van der Waals surface area contributed by atoms with E-state index >= 15 is 0 Å². The second kappa shape index (κ2) is 6.24. The minimum atomic E-state index is -0.201. The van der Waals surface area contributed by atoms with Gasteiger partial charge in [0.15, 0.2) is 0 Å². The van der Waals surface area contributed by atoms with Crippen LogP contribution in [0.5, 0.6) is 0 Å². The first-order chi connectivity index (χ1) is 7.65. The van der Waals surface area contributed by atoms with Gasteiger partial charge in [0.25, 0.3) is 0 Å². The molecule has 1 aromatic carbocycles. The molecule has 0 aliphatic carbocycles. The molecule has 0 aliphatic heterocycles. The average Bonchev–Trinajstić information content (AvgIpc) is 2.26. The molecule has 3 heteroatoms. The van der Waals surface area contributed by atoms with Gasteiger partial charge in [-0.15, -0.1) is 0 Å². The highest BCUT2D eigenvalue weighted by molar-refractivity contribution is 5.16. The van der Waals surface area contributed by atoms with E-state index in [0.29, 0.717) is 24.6 Å². The molecule has 0 saturated heterocycles. The third kappa shape index (κ3) is 3.63. The zero-order valence-corrected chi connectivity index (χ0v) is 9.70. The van der Waals surface area contributed by atoms with Crippen molar-refractivity contribution in [3.05, 3.63) is 35.6 Å². The van der Waals surface area contributed by atoms with Crippen LogP contribution in [-0.4, -0.2) is 6.54 Å². The van der Waals surface area contributed by atoms with Crippen LogP contribution < -0.4 is 5.32 Å². The lowest BCUT2D eigenvalue weighted by molar-refractivity contribution is 0.439. The van der Waals surface area contributed by atoms with Crippen LogP contribution in [0, 0.1) is 29.0 Å². The average molecular weight is 220 g/mol. The fourth-order valence-electron chi connectivity index (χ4n) is 1.43. The molecule has 0 spiro atoms. The van der Waals surface area contributed by atoms with Crippen molar-refractivity contribution in [1.82, 2.24) is 5.32 Å². The molecular weight excluding hydrogens is 203 g/mol. The first kappa shape index (κ1) is 12.7. The minimum Gasteiger partial charge on any atom is -0.311 e. The molecule has 0 bridgehead atoms. The van der Waals surface area contributed by atoms with Gasteiger partial charge in [0.05, 0.1) is 12.0 Å². The Kier molecular flexibility index (Phi) is 4.94. The van der Waals surface area contributed by atoms with E-state index in [9.17, 15) is 4.39 Å². The van der Waals surface area contributed by atoms with E-state index in [1.54, 1.807) is 12.1 Å². The van der Waals surface area contributed by atoms with Gasteiger partial charge >= 0.3 is 0 Å². The lowest BCUT2D eigenvalue weighted by Crippen LogP contribution is -2.25. The Morgan fingerprint density at radius 2 is 2.06 bits per heavy atom. The van der Waals surface area contributed by atoms with Crippen molar-refractivity contribution in [2.45, 2.75) is 20.4 Å². The summed E-state index contributed by atoms with van der Waals surface area (Å²) in [6.07, 6.45) is 0. The van der Waals surface area contributed by atoms with Crippen molar-refractivity contribution in [3.8, 4) is 6.07 Å². The first-order valence-corrected chi connectivity index (χ1v) is 5.49. The second-order valence-electron chi connectivity index (χ2n) is 4.20. The summed E-state index contributed by atoms with van der Waals surface area (Å²) >= 11 is 0. The molecule has 1 N–H and O–H groups in total. The second-order valence-corrected chi connectivity index (χ2v) is 4.20. The summed E-state index contributed by atoms with van der Waals surface area (Å²) in [7, 11) is 0. The van der Waals surface area contributed by atoms with Crippen molar-refractivity contribution < 1.29 is 4.39 Å². The summed E-state index contributed by atoms with van der Waals surface area (Å²) in [5, 5.41) is 12.0. The molecule has 2 nitrogen and oxygen atoms in total. The predicted molar refractivity (Wildman–Crippen MR) is 62.0 cm³/mol. The number of hydrogen-bond donors (Lipinski definition) is 1. The molecule has 0 amide bonds. The molecule has 1 aromatic rings. The summed E-state index contributed by atoms with van der Waals surface area (Å²) < 4.78 is 13.2. The summed E-state index contributed by atoms with van der Waals surface area (Å²) in [5.74, 6) is 0.0953. The zero-order chi connectivity index (χ0) is 12.0. The van der Waals surface area contributed by atoms with Gasteiger partial charge in [-0.25, -0.2) is 4.39 Å². The largest absolute Gasteiger partial charge is 0.311 e. The Morgan fingerprint density at radius 1 is 1.38 bits per heavy atom. The lowest BCUT2D eigenvalue weighted by atomic mass is 9.97. The quantitative estimate of drug-likeness (QED) is 0.828. The predicted octanol–water partition coefficient (Wildman–Crippen LogP) is 2.71. The van der Waals surface area contributed by atoms with Gasteiger partial charge in [-0.05, 0) is 12.0 Å². The van der Waals surface area contributed by atoms with Gasteiger partial charge < -0.3 is 5.32 Å². The van der Waals surface area contributed by atoms with Crippen LogP contribution in [0.25, 0.3) is 0 Å². The maximum atomic E-state index is 13.2. The van der Waals surface area contributed by atoms with Crippen LogP contribution in [0.4, 0.5) is 4.39 Å². The number of benzene rings is 1. The topological polar surface area (TPSA) is 35.8 Å². The summed E-state index contributed by atoms with van der Waals surface area (Å²) in [4.78, 5) is 0. The van der Waals surface area contributed by atoms with Gasteiger partial charge in [-0.1, -0.05) is 32.0 Å². The molecule has 0 heterocycles. The van der Waals surface area contributed by atoms with Gasteiger partial charge in [-0.3, -0.25) is 0 Å². The Morgan fingerprint density at radius 3 is 2.62 bits per heavy atom. The van der Waals surface area contributed by atoms with E-state index in [4.69, 9.17) is 5.26 Å². The molecule has 0 aliphatic rings. The van der Waals surface area contributed by atoms with Crippen LogP contribution in [-0.2, 0) is 6.54 Å². The van der Waals surface area contributed by atoms with Crippen molar-refractivity contribution in [1.29, 1.82) is 5.26 Å². The molecule has 0 saturated carbocycles. The molecule has 16 heavy (non-hydrogen) atoms. The van der Waals surface area contributed by atoms with E-state index in [1.165, 1.54) is 6.07 Å². The number of nitrogens with zero attached hydrogens (tertiary/aromatic N) is 1. The molecule has 86 valence electrons. The van der Waals surface area contributed by atoms with Crippen molar-refractivity contribution in [2.24, 2.45) is 11.8 Å². The van der Waals surface area contributed by atoms with E-state index in [1.807, 2.05) is 19.9 Å². The maximum absolute atomic E-state index is 13.2. The number of rotatable bonds is 5. The SMILES string of the molecule is CC(C)C(C#N)CNCc1ccccc1F. The minimum absolute atomic E-state index is 0.0215. The van der Waals surface area contributed by atoms with E-state index in [2.05, 4.69) is 11.4 Å². The Hall–Kier alpha value is -1.40. The van der Waals surface area contributed by atoms with Gasteiger partial charge in [-0.2, -0.15) is 5.26 Å². The molecular formula is C13H17FN2. The number of nitrogens with one attached hydrogen (secondary N) is 1. The number of nitriles is 1. The number of hydrogen-bond acceptors (Lipinski definition) is 2. The van der Waals surface area contributed by atoms with Crippen LogP contribution in [0.15, 0.2) is 24.3 Å². The van der Waals surface area contributed by atoms with Crippen molar-refractivity contribution >= 4 is 0 Å². The lowest BCUT2D eigenvalue weighted by Gasteiger charge is -2.13. The van der Waals surface area contributed by atoms with Gasteiger partial charge in [0.2, 0.25) is 0 Å². The normalized spacial score (nSPS) is 12.4. The maximum Gasteiger partial charge on any atom is 0.127 e. The van der Waals surface area contributed by atoms with Crippen molar-refractivity contribution in [2.75, 3.05) is 6.54 Å². The highest BCUT2D eigenvalue weighted by Gasteiger charge is 2.11. The molecule has 0 fully saturated rings. The Balaban J connectivity index is 2.42. The van der Waals surface area contributed by atoms with E-state index in [-0.39, 0.29) is 11.7 Å². The fraction of sp³-hybridized carbons (Fsp3) is 0.462. The Bertz CT molecular complexity index is 368. The summed E-state index contributed by atoms with van der Waals surface area (Å²) in [6, 6.07) is 8.92. The van der Waals surface area contributed by atoms with Crippen LogP contribution >= 0.6 is 0 Å². The third-order valence-corrected chi connectivity index (χ3v) is 2.61. The smallest absolute Gasteiger partial charge is 0.127 e. The molecule has 0 aromatic heterocycles. The van der Waals surface area contributed by atoms with Crippen LogP contribution in [0.3, 0.4) is 0 Å². The Labute approximate surface area is 96.1 Å². The van der Waals surface area contributed by atoms with Crippen LogP contribution in [0.1, 0.15) is 19.4 Å². The molecule has 1 atom stereocenters. The van der Waals surface area contributed by atoms with Gasteiger partial charge in [0.1, 0.15) is 5.82 Å². The first-order valence-electron chi connectivity index (χ1n) is 5.49. The van der Waals surface area contributed by atoms with Crippen molar-refractivity contribution in [3.63, 3.8) is 0 Å². The number of halogens is 1. The summed E-state index contributed by atoms with van der Waals surface area (Å²) in [6.45, 7) is 5.09. The highest BCUT2D eigenvalue weighted by Crippen LogP contribution is 2.09. The molecule has 1 unspecified atom stereocenters. The van der Waals surface area contributed by atoms with E-state index in [0.717, 1.165) is 0 Å². The molecule has 1 rings (SSSR count). The van der Waals surface area contributed by atoms with Gasteiger partial charge in [0, 0.05) is 18.7 Å². The zero-order valence-electron chi connectivity index (χ0n) is 9.70. The monoisotopic (exact) mass is 220 g/mol. The van der Waals surface area contributed by atoms with E-state index < -0.39 is 0 Å². The van der Waals surface area contributed by atoms with Crippen LogP contribution in [0.2, 0.25) is 0 Å². The molecule has 0 radical (unpaired) electrons. The highest BCUT2D eigenvalue weighted by atomic mass is 19.1. The standard InChI is InChI=1S/C13H17FN2/c1-10(2)12(7-15)9-16-8-11-5-3-4-6-13(11)14/h3-6,10,12,16H,8-9H2,1-2H3. The third-order valence-electron chi connectivity index (χ3n) is 2.61. The summed E-state index contributed by atoms with van der Waals surface area (Å²) in [5.41, 5.74) is 0.642. The fourth-order valence-corrected chi connectivity index (χ4v) is 1.43.